The van der Waals surface area contributed by atoms with E-state index in [1.54, 1.807) is 42.5 Å². The Labute approximate surface area is 212 Å². The highest BCUT2D eigenvalue weighted by Gasteiger charge is 2.13. The number of nitrogens with two attached hydrogens (primary N) is 2. The van der Waals surface area contributed by atoms with Crippen LogP contribution in [0.2, 0.25) is 0 Å². The summed E-state index contributed by atoms with van der Waals surface area (Å²) in [6.07, 6.45) is 2.32. The number of ether oxygens (including phenoxy) is 1. The molecule has 0 fully saturated rings. The van der Waals surface area contributed by atoms with Gasteiger partial charge in [-0.2, -0.15) is 0 Å². The highest BCUT2D eigenvalue weighted by Crippen LogP contribution is 2.27. The van der Waals surface area contributed by atoms with Crippen molar-refractivity contribution >= 4 is 39.8 Å². The van der Waals surface area contributed by atoms with Crippen molar-refractivity contribution in [3.8, 4) is 17.0 Å². The minimum atomic E-state index is -1.33. The number of hydrogen-bond donors (Lipinski definition) is 4. The highest BCUT2D eigenvalue weighted by molar-refractivity contribution is 7.85. The average Bonchev–Trinajstić information content (AvgIpc) is 2.87. The molecule has 0 saturated heterocycles. The minimum Gasteiger partial charge on any atom is -0.493 e. The number of rotatable bonds is 9. The lowest BCUT2D eigenvalue weighted by Gasteiger charge is -2.12. The maximum Gasteiger partial charge on any atom is 0.255 e. The molecule has 3 aromatic carbocycles. The number of amides is 1. The van der Waals surface area contributed by atoms with Crippen molar-refractivity contribution in [3.05, 3.63) is 96.1 Å². The molecule has 9 heteroatoms. The Balaban J connectivity index is 1.47. The lowest BCUT2D eigenvalue weighted by molar-refractivity contribution is 0.102. The molecule has 8 nitrogen and oxygen atoms in total. The topological polar surface area (TPSA) is 132 Å². The molecule has 0 saturated carbocycles. The van der Waals surface area contributed by atoms with Gasteiger partial charge in [0, 0.05) is 35.2 Å². The fourth-order valence-electron chi connectivity index (χ4n) is 3.55. The van der Waals surface area contributed by atoms with Crippen molar-refractivity contribution < 1.29 is 13.7 Å². The van der Waals surface area contributed by atoms with Crippen LogP contribution in [0, 0.1) is 0 Å². The fraction of sp³-hybridized carbons (Fsp3) is 0.111. The van der Waals surface area contributed by atoms with Gasteiger partial charge in [-0.3, -0.25) is 4.79 Å². The first-order valence-corrected chi connectivity index (χ1v) is 12.8. The molecule has 6 N–H and O–H groups in total. The van der Waals surface area contributed by atoms with Crippen molar-refractivity contribution in [2.75, 3.05) is 34.4 Å². The monoisotopic (exact) mass is 501 g/mol. The van der Waals surface area contributed by atoms with Crippen LogP contribution in [0.25, 0.3) is 11.3 Å². The number of hydrogen-bond acceptors (Lipinski definition) is 6. The standard InChI is InChI=1S/C27H27N5O3S/c1-36(34)32-22-16-19(25-12-11-24(28)26(29)31-25)15-20(17-22)27(33)30-21-7-9-23(10-8-21)35-14-13-18-5-3-2-4-6-18/h2-12,15-17,32H,13-14,28H2,1H3,(H2,29,31)(H,30,33). The first-order valence-electron chi connectivity index (χ1n) is 11.2. The summed E-state index contributed by atoms with van der Waals surface area (Å²) in [7, 11) is -1.33. The molecule has 36 heavy (non-hydrogen) atoms. The van der Waals surface area contributed by atoms with Gasteiger partial charge in [0.15, 0.2) is 0 Å². The van der Waals surface area contributed by atoms with Gasteiger partial charge in [0.2, 0.25) is 0 Å². The Hall–Kier alpha value is -4.37. The summed E-state index contributed by atoms with van der Waals surface area (Å²) in [6.45, 7) is 0.556. The van der Waals surface area contributed by atoms with Crippen molar-refractivity contribution in [3.63, 3.8) is 0 Å². The Morgan fingerprint density at radius 2 is 1.69 bits per heavy atom. The van der Waals surface area contributed by atoms with Crippen molar-refractivity contribution in [2.45, 2.75) is 6.42 Å². The zero-order chi connectivity index (χ0) is 25.5. The summed E-state index contributed by atoms with van der Waals surface area (Å²) in [5.74, 6) is 0.583. The number of anilines is 4. The van der Waals surface area contributed by atoms with E-state index in [2.05, 4.69) is 27.2 Å². The van der Waals surface area contributed by atoms with Crippen LogP contribution < -0.4 is 26.2 Å². The lowest BCUT2D eigenvalue weighted by atomic mass is 10.1. The first-order chi connectivity index (χ1) is 17.4. The molecular weight excluding hydrogens is 474 g/mol. The Kier molecular flexibility index (Phi) is 7.82. The van der Waals surface area contributed by atoms with E-state index >= 15 is 0 Å². The van der Waals surface area contributed by atoms with Gasteiger partial charge in [-0.15, -0.1) is 0 Å². The van der Waals surface area contributed by atoms with E-state index in [1.807, 2.05) is 30.3 Å². The normalized spacial score (nSPS) is 11.5. The molecule has 0 aliphatic heterocycles. The predicted octanol–water partition coefficient (Wildman–Crippen LogP) is 4.49. The molecule has 0 spiro atoms. The molecule has 1 atom stereocenters. The molecule has 1 amide bonds. The van der Waals surface area contributed by atoms with Gasteiger partial charge in [0.1, 0.15) is 22.6 Å². The number of carbonyl (C=O) groups excluding carboxylic acids is 1. The van der Waals surface area contributed by atoms with E-state index in [1.165, 1.54) is 11.8 Å². The second-order valence-corrected chi connectivity index (χ2v) is 9.20. The van der Waals surface area contributed by atoms with Gasteiger partial charge in [0.05, 0.1) is 18.0 Å². The van der Waals surface area contributed by atoms with E-state index in [4.69, 9.17) is 16.2 Å². The van der Waals surface area contributed by atoms with E-state index in [0.29, 0.717) is 40.5 Å². The number of nitrogens with zero attached hydrogens (tertiary/aromatic N) is 1. The van der Waals surface area contributed by atoms with Crippen LogP contribution in [0.5, 0.6) is 5.75 Å². The minimum absolute atomic E-state index is 0.196. The number of pyridine rings is 1. The number of aromatic nitrogens is 1. The third kappa shape index (κ3) is 6.61. The summed E-state index contributed by atoms with van der Waals surface area (Å²) >= 11 is 0. The fourth-order valence-corrected chi connectivity index (χ4v) is 4.00. The van der Waals surface area contributed by atoms with Crippen LogP contribution in [-0.2, 0) is 17.4 Å². The molecular formula is C27H27N5O3S. The molecule has 0 aliphatic carbocycles. The molecule has 4 aromatic rings. The summed E-state index contributed by atoms with van der Waals surface area (Å²) < 4.78 is 20.4. The van der Waals surface area contributed by atoms with Gasteiger partial charge in [-0.1, -0.05) is 30.3 Å². The summed E-state index contributed by atoms with van der Waals surface area (Å²) in [6, 6.07) is 25.7. The van der Waals surface area contributed by atoms with Gasteiger partial charge in [-0.05, 0) is 60.2 Å². The molecule has 1 heterocycles. The lowest BCUT2D eigenvalue weighted by Crippen LogP contribution is -2.13. The number of benzene rings is 3. The second-order valence-electron chi connectivity index (χ2n) is 8.09. The number of nitrogens with one attached hydrogen (secondary N) is 2. The van der Waals surface area contributed by atoms with Crippen LogP contribution in [0.3, 0.4) is 0 Å². The van der Waals surface area contributed by atoms with E-state index in [-0.39, 0.29) is 11.7 Å². The highest BCUT2D eigenvalue weighted by atomic mass is 32.2. The molecule has 0 bridgehead atoms. The SMILES string of the molecule is CS(=O)Nc1cc(C(=O)Nc2ccc(OCCc3ccccc3)cc2)cc(-c2ccc(N)c(N)n2)c1. The van der Waals surface area contributed by atoms with Gasteiger partial charge in [0.25, 0.3) is 5.91 Å². The van der Waals surface area contributed by atoms with Crippen LogP contribution >= 0.6 is 0 Å². The maximum absolute atomic E-state index is 13.1. The molecule has 1 aromatic heterocycles. The Morgan fingerprint density at radius 3 is 2.39 bits per heavy atom. The van der Waals surface area contributed by atoms with Crippen LogP contribution in [-0.4, -0.2) is 28.0 Å². The third-order valence-electron chi connectivity index (χ3n) is 5.32. The zero-order valence-electron chi connectivity index (χ0n) is 19.7. The molecule has 0 aliphatic rings. The summed E-state index contributed by atoms with van der Waals surface area (Å²) in [5.41, 5.74) is 15.9. The van der Waals surface area contributed by atoms with E-state index < -0.39 is 11.0 Å². The van der Waals surface area contributed by atoms with Crippen molar-refractivity contribution in [2.24, 2.45) is 0 Å². The van der Waals surface area contributed by atoms with Crippen LogP contribution in [0.15, 0.2) is 84.9 Å². The van der Waals surface area contributed by atoms with Gasteiger partial charge >= 0.3 is 0 Å². The zero-order valence-corrected chi connectivity index (χ0v) is 20.5. The van der Waals surface area contributed by atoms with E-state index in [9.17, 15) is 9.00 Å². The largest absolute Gasteiger partial charge is 0.493 e. The van der Waals surface area contributed by atoms with Crippen LogP contribution in [0.1, 0.15) is 15.9 Å². The Morgan fingerprint density at radius 1 is 0.944 bits per heavy atom. The second kappa shape index (κ2) is 11.4. The predicted molar refractivity (Wildman–Crippen MR) is 146 cm³/mol. The molecule has 1 unspecified atom stereocenters. The number of nitrogen functional groups attached to an aromatic ring is 2. The quantitative estimate of drug-likeness (QED) is 0.267. The maximum atomic E-state index is 13.1. The van der Waals surface area contributed by atoms with E-state index in [0.717, 1.165) is 12.2 Å². The summed E-state index contributed by atoms with van der Waals surface area (Å²) in [4.78, 5) is 17.4. The molecule has 4 rings (SSSR count). The Bertz CT molecular complexity index is 1380. The average molecular weight is 502 g/mol. The van der Waals surface area contributed by atoms with Crippen molar-refractivity contribution in [1.29, 1.82) is 0 Å². The smallest absolute Gasteiger partial charge is 0.255 e. The van der Waals surface area contributed by atoms with Gasteiger partial charge < -0.3 is 26.2 Å². The van der Waals surface area contributed by atoms with Gasteiger partial charge in [-0.25, -0.2) is 9.19 Å². The third-order valence-corrected chi connectivity index (χ3v) is 5.85. The summed E-state index contributed by atoms with van der Waals surface area (Å²) in [5, 5.41) is 2.88. The molecule has 0 radical (unpaired) electrons. The number of carbonyl (C=O) groups is 1. The first kappa shape index (κ1) is 24.7. The van der Waals surface area contributed by atoms with Crippen LogP contribution in [0.4, 0.5) is 22.9 Å². The van der Waals surface area contributed by atoms with Crippen molar-refractivity contribution in [1.82, 2.24) is 4.98 Å². The molecule has 184 valence electrons.